The van der Waals surface area contributed by atoms with Gasteiger partial charge in [0.25, 0.3) is 0 Å². The maximum absolute atomic E-state index is 13.9. The van der Waals surface area contributed by atoms with Crippen molar-refractivity contribution in [2.24, 2.45) is 0 Å². The van der Waals surface area contributed by atoms with E-state index in [1.54, 1.807) is 17.4 Å². The summed E-state index contributed by atoms with van der Waals surface area (Å²) < 4.78 is 14.7. The maximum Gasteiger partial charge on any atom is 0.146 e. The Morgan fingerprint density at radius 2 is 2.21 bits per heavy atom. The molecular weight excluding hydrogens is 281 g/mol. The van der Waals surface area contributed by atoms with Crippen LogP contribution < -0.4 is 5.32 Å². The zero-order valence-corrected chi connectivity index (χ0v) is 12.2. The molecule has 1 aromatic heterocycles. The van der Waals surface area contributed by atoms with Gasteiger partial charge in [0.2, 0.25) is 0 Å². The molecule has 0 bridgehead atoms. The third kappa shape index (κ3) is 2.63. The van der Waals surface area contributed by atoms with Gasteiger partial charge in [-0.25, -0.2) is 4.39 Å². The van der Waals surface area contributed by atoms with Crippen molar-refractivity contribution in [1.29, 1.82) is 0 Å². The number of anilines is 1. The summed E-state index contributed by atoms with van der Waals surface area (Å²) in [5.74, 6) is -0.187. The molecule has 1 nitrogen and oxygen atoms in total. The second-order valence-electron chi connectivity index (χ2n) is 5.00. The highest BCUT2D eigenvalue weighted by Gasteiger charge is 2.23. The molecule has 0 spiro atoms. The fourth-order valence-electron chi connectivity index (χ4n) is 2.60. The first-order valence-electron chi connectivity index (χ1n) is 6.44. The molecule has 2 aromatic rings. The van der Waals surface area contributed by atoms with E-state index in [0.29, 0.717) is 5.69 Å². The molecule has 1 unspecified atom stereocenters. The molecule has 1 atom stereocenters. The van der Waals surface area contributed by atoms with Crippen molar-refractivity contribution in [1.82, 2.24) is 0 Å². The lowest BCUT2D eigenvalue weighted by molar-refractivity contribution is 0.592. The third-order valence-corrected chi connectivity index (χ3v) is 4.88. The molecule has 0 fully saturated rings. The van der Waals surface area contributed by atoms with Gasteiger partial charge in [-0.3, -0.25) is 0 Å². The SMILES string of the molecule is Cc1ccc(NC2CCCc3sc(Cl)cc32)c(F)c1. The van der Waals surface area contributed by atoms with E-state index in [2.05, 4.69) is 5.32 Å². The number of nitrogens with one attached hydrogen (secondary N) is 1. The molecule has 0 aliphatic heterocycles. The monoisotopic (exact) mass is 295 g/mol. The number of aryl methyl sites for hydroxylation is 2. The Kier molecular flexibility index (Phi) is 3.50. The molecule has 19 heavy (non-hydrogen) atoms. The average molecular weight is 296 g/mol. The molecule has 1 aromatic carbocycles. The summed E-state index contributed by atoms with van der Waals surface area (Å²) in [6.45, 7) is 1.89. The van der Waals surface area contributed by atoms with E-state index >= 15 is 0 Å². The van der Waals surface area contributed by atoms with Crippen molar-refractivity contribution in [2.45, 2.75) is 32.2 Å². The number of halogens is 2. The summed E-state index contributed by atoms with van der Waals surface area (Å²) in [6.07, 6.45) is 3.23. The minimum Gasteiger partial charge on any atom is -0.376 e. The van der Waals surface area contributed by atoms with E-state index < -0.39 is 0 Å². The molecule has 0 amide bonds. The van der Waals surface area contributed by atoms with Gasteiger partial charge in [0.1, 0.15) is 5.82 Å². The predicted octanol–water partition coefficient (Wildman–Crippen LogP) is 5.34. The van der Waals surface area contributed by atoms with Gasteiger partial charge >= 0.3 is 0 Å². The van der Waals surface area contributed by atoms with Gasteiger partial charge in [0, 0.05) is 4.88 Å². The van der Waals surface area contributed by atoms with Crippen LogP contribution in [0.3, 0.4) is 0 Å². The lowest BCUT2D eigenvalue weighted by Gasteiger charge is -2.25. The Labute approximate surface area is 121 Å². The smallest absolute Gasteiger partial charge is 0.146 e. The van der Waals surface area contributed by atoms with E-state index in [-0.39, 0.29) is 11.9 Å². The summed E-state index contributed by atoms with van der Waals surface area (Å²) >= 11 is 7.73. The number of hydrogen-bond donors (Lipinski definition) is 1. The number of thiophene rings is 1. The first kappa shape index (κ1) is 12.9. The van der Waals surface area contributed by atoms with Crippen LogP contribution in [-0.2, 0) is 6.42 Å². The average Bonchev–Trinajstić information content (AvgIpc) is 2.74. The topological polar surface area (TPSA) is 12.0 Å². The lowest BCUT2D eigenvalue weighted by Crippen LogP contribution is -2.16. The zero-order chi connectivity index (χ0) is 13.4. The number of fused-ring (bicyclic) bond motifs is 1. The molecule has 1 heterocycles. The fourth-order valence-corrected chi connectivity index (χ4v) is 3.98. The molecule has 0 saturated carbocycles. The normalized spacial score (nSPS) is 18.2. The van der Waals surface area contributed by atoms with Crippen molar-refractivity contribution < 1.29 is 4.39 Å². The van der Waals surface area contributed by atoms with Crippen LogP contribution in [0.25, 0.3) is 0 Å². The van der Waals surface area contributed by atoms with Gasteiger partial charge < -0.3 is 5.32 Å². The van der Waals surface area contributed by atoms with E-state index in [1.807, 2.05) is 25.1 Å². The Bertz CT molecular complexity index is 608. The standard InChI is InChI=1S/C15H15ClFNS/c1-9-5-6-13(11(17)7-9)18-12-3-2-4-14-10(12)8-15(16)19-14/h5-8,12,18H,2-4H2,1H3. The predicted molar refractivity (Wildman–Crippen MR) is 79.8 cm³/mol. The first-order chi connectivity index (χ1) is 9.13. The maximum atomic E-state index is 13.9. The highest BCUT2D eigenvalue weighted by Crippen LogP contribution is 2.39. The second kappa shape index (κ2) is 5.14. The van der Waals surface area contributed by atoms with E-state index in [1.165, 1.54) is 10.4 Å². The van der Waals surface area contributed by atoms with Crippen molar-refractivity contribution in [3.8, 4) is 0 Å². The minimum atomic E-state index is -0.187. The molecule has 1 aliphatic rings. The Morgan fingerprint density at radius 3 is 3.00 bits per heavy atom. The number of benzene rings is 1. The van der Waals surface area contributed by atoms with E-state index in [4.69, 9.17) is 11.6 Å². The second-order valence-corrected chi connectivity index (χ2v) is 6.77. The van der Waals surface area contributed by atoms with Gasteiger partial charge in [0.05, 0.1) is 16.1 Å². The first-order valence-corrected chi connectivity index (χ1v) is 7.64. The van der Waals surface area contributed by atoms with Gasteiger partial charge in [-0.2, -0.15) is 0 Å². The van der Waals surface area contributed by atoms with Crippen molar-refractivity contribution in [3.63, 3.8) is 0 Å². The Morgan fingerprint density at radius 1 is 1.37 bits per heavy atom. The van der Waals surface area contributed by atoms with Gasteiger partial charge in [-0.15, -0.1) is 11.3 Å². The van der Waals surface area contributed by atoms with Crippen LogP contribution in [0, 0.1) is 12.7 Å². The third-order valence-electron chi connectivity index (χ3n) is 3.54. The van der Waals surface area contributed by atoms with Crippen molar-refractivity contribution in [2.75, 3.05) is 5.32 Å². The summed E-state index contributed by atoms with van der Waals surface area (Å²) in [4.78, 5) is 1.33. The van der Waals surface area contributed by atoms with Crippen molar-refractivity contribution >= 4 is 28.6 Å². The molecule has 3 rings (SSSR count). The van der Waals surface area contributed by atoms with Crippen LogP contribution >= 0.6 is 22.9 Å². The van der Waals surface area contributed by atoms with Gasteiger partial charge in [-0.05, 0) is 55.5 Å². The largest absolute Gasteiger partial charge is 0.376 e. The number of hydrogen-bond acceptors (Lipinski definition) is 2. The summed E-state index contributed by atoms with van der Waals surface area (Å²) in [5.41, 5.74) is 2.75. The Balaban J connectivity index is 1.88. The fraction of sp³-hybridized carbons (Fsp3) is 0.333. The van der Waals surface area contributed by atoms with Crippen LogP contribution in [0.4, 0.5) is 10.1 Å². The van der Waals surface area contributed by atoms with Crippen LogP contribution in [0.1, 0.15) is 34.9 Å². The summed E-state index contributed by atoms with van der Waals surface area (Å²) in [6, 6.07) is 7.49. The molecule has 0 saturated heterocycles. The summed E-state index contributed by atoms with van der Waals surface area (Å²) in [7, 11) is 0. The minimum absolute atomic E-state index is 0.171. The molecule has 100 valence electrons. The van der Waals surface area contributed by atoms with Crippen LogP contribution in [-0.4, -0.2) is 0 Å². The zero-order valence-electron chi connectivity index (χ0n) is 10.7. The van der Waals surface area contributed by atoms with Gasteiger partial charge in [0.15, 0.2) is 0 Å². The molecule has 0 radical (unpaired) electrons. The molecule has 1 N–H and O–H groups in total. The lowest BCUT2D eigenvalue weighted by atomic mass is 9.94. The highest BCUT2D eigenvalue weighted by molar-refractivity contribution is 7.16. The summed E-state index contributed by atoms with van der Waals surface area (Å²) in [5, 5.41) is 3.32. The van der Waals surface area contributed by atoms with Crippen LogP contribution in [0.15, 0.2) is 24.3 Å². The highest BCUT2D eigenvalue weighted by atomic mass is 35.5. The van der Waals surface area contributed by atoms with Crippen LogP contribution in [0.5, 0.6) is 0 Å². The molecule has 4 heteroatoms. The number of rotatable bonds is 2. The van der Waals surface area contributed by atoms with Crippen molar-refractivity contribution in [3.05, 3.63) is 50.4 Å². The Hall–Kier alpha value is -1.06. The van der Waals surface area contributed by atoms with Crippen LogP contribution in [0.2, 0.25) is 4.34 Å². The molecular formula is C15H15ClFNS. The quantitative estimate of drug-likeness (QED) is 0.788. The van der Waals surface area contributed by atoms with E-state index in [9.17, 15) is 4.39 Å². The van der Waals surface area contributed by atoms with Gasteiger partial charge in [-0.1, -0.05) is 17.7 Å². The van der Waals surface area contributed by atoms with E-state index in [0.717, 1.165) is 29.2 Å². The molecule has 1 aliphatic carbocycles.